The van der Waals surface area contributed by atoms with Gasteiger partial charge in [-0.25, -0.2) is 4.79 Å². The fourth-order valence-corrected chi connectivity index (χ4v) is 4.65. The molecule has 2 aromatic carbocycles. The van der Waals surface area contributed by atoms with Gasteiger partial charge in [-0.15, -0.1) is 0 Å². The van der Waals surface area contributed by atoms with Gasteiger partial charge >= 0.3 is 5.69 Å². The summed E-state index contributed by atoms with van der Waals surface area (Å²) in [5.74, 6) is 0.664. The van der Waals surface area contributed by atoms with Crippen LogP contribution in [0.15, 0.2) is 52.1 Å². The predicted molar refractivity (Wildman–Crippen MR) is 127 cm³/mol. The Labute approximate surface area is 190 Å². The van der Waals surface area contributed by atoms with Crippen LogP contribution in [0, 0.1) is 13.8 Å². The molecule has 0 N–H and O–H groups in total. The van der Waals surface area contributed by atoms with Gasteiger partial charge in [0.25, 0.3) is 5.56 Å². The molecule has 32 heavy (non-hydrogen) atoms. The SMILES string of the molecule is Cc1ccccc1Cn1c(=O)c2c(nc3n2CCCN3c2cccc(Cl)c2C)n(C)c1=O. The van der Waals surface area contributed by atoms with Gasteiger partial charge in [0, 0.05) is 30.8 Å². The third-order valence-corrected chi connectivity index (χ3v) is 6.75. The molecule has 8 heteroatoms. The van der Waals surface area contributed by atoms with Crippen molar-refractivity contribution in [2.45, 2.75) is 33.4 Å². The monoisotopic (exact) mass is 449 g/mol. The average Bonchev–Trinajstić information content (AvgIpc) is 3.18. The number of nitrogens with zero attached hydrogens (tertiary/aromatic N) is 5. The van der Waals surface area contributed by atoms with Gasteiger partial charge in [-0.05, 0) is 49.1 Å². The first kappa shape index (κ1) is 20.6. The molecule has 0 saturated heterocycles. The number of benzene rings is 2. The van der Waals surface area contributed by atoms with Gasteiger partial charge < -0.3 is 9.47 Å². The zero-order chi connectivity index (χ0) is 22.6. The van der Waals surface area contributed by atoms with Crippen molar-refractivity contribution in [1.29, 1.82) is 0 Å². The maximum atomic E-state index is 13.6. The van der Waals surface area contributed by atoms with Gasteiger partial charge in [-0.3, -0.25) is 13.9 Å². The van der Waals surface area contributed by atoms with E-state index in [0.29, 0.717) is 28.7 Å². The van der Waals surface area contributed by atoms with E-state index in [1.165, 1.54) is 9.13 Å². The standard InChI is InChI=1S/C24H24ClN5O2/c1-15-8-4-5-9-17(15)14-30-22(31)20-21(27(3)24(30)32)26-23-28(12-7-13-29(20)23)19-11-6-10-18(25)16(19)2/h4-6,8-11H,7,12-14H2,1-3H3. The summed E-state index contributed by atoms with van der Waals surface area (Å²) in [5.41, 5.74) is 4.09. The largest absolute Gasteiger partial charge is 0.332 e. The number of fused-ring (bicyclic) bond motifs is 3. The summed E-state index contributed by atoms with van der Waals surface area (Å²) < 4.78 is 4.72. The third kappa shape index (κ3) is 3.07. The summed E-state index contributed by atoms with van der Waals surface area (Å²) in [6.45, 7) is 5.61. The highest BCUT2D eigenvalue weighted by Crippen LogP contribution is 2.35. The highest BCUT2D eigenvalue weighted by molar-refractivity contribution is 6.31. The Hall–Kier alpha value is -3.32. The molecular formula is C24H24ClN5O2. The molecule has 0 fully saturated rings. The van der Waals surface area contributed by atoms with Crippen molar-refractivity contribution in [3.8, 4) is 0 Å². The second-order valence-electron chi connectivity index (χ2n) is 8.28. The quantitative estimate of drug-likeness (QED) is 0.477. The van der Waals surface area contributed by atoms with E-state index in [2.05, 4.69) is 4.90 Å². The lowest BCUT2D eigenvalue weighted by Gasteiger charge is -2.30. The fourth-order valence-electron chi connectivity index (χ4n) is 4.48. The Morgan fingerprint density at radius 1 is 1.03 bits per heavy atom. The maximum absolute atomic E-state index is 13.6. The molecule has 0 radical (unpaired) electrons. The van der Waals surface area contributed by atoms with Crippen LogP contribution in [0.25, 0.3) is 11.2 Å². The number of imidazole rings is 1. The molecule has 5 rings (SSSR count). The predicted octanol–water partition coefficient (Wildman–Crippen LogP) is 3.76. The summed E-state index contributed by atoms with van der Waals surface area (Å²) in [4.78, 5) is 33.5. The molecule has 4 aromatic rings. The number of hydrogen-bond donors (Lipinski definition) is 0. The number of aryl methyl sites for hydroxylation is 3. The summed E-state index contributed by atoms with van der Waals surface area (Å²) in [6.07, 6.45) is 0.852. The summed E-state index contributed by atoms with van der Waals surface area (Å²) >= 11 is 6.37. The fraction of sp³-hybridized carbons (Fsp3) is 0.292. The second kappa shape index (κ2) is 7.67. The van der Waals surface area contributed by atoms with Crippen LogP contribution in [0.2, 0.25) is 5.02 Å². The zero-order valence-corrected chi connectivity index (χ0v) is 19.1. The van der Waals surface area contributed by atoms with Gasteiger partial charge in [0.2, 0.25) is 5.95 Å². The second-order valence-corrected chi connectivity index (χ2v) is 8.69. The Kier molecular flexibility index (Phi) is 4.93. The third-order valence-electron chi connectivity index (χ3n) is 6.34. The first-order valence-corrected chi connectivity index (χ1v) is 11.0. The van der Waals surface area contributed by atoms with Crippen molar-refractivity contribution >= 4 is 34.4 Å². The van der Waals surface area contributed by atoms with Gasteiger partial charge in [0.05, 0.1) is 6.54 Å². The van der Waals surface area contributed by atoms with Crippen molar-refractivity contribution in [3.63, 3.8) is 0 Å². The molecule has 0 aliphatic carbocycles. The summed E-state index contributed by atoms with van der Waals surface area (Å²) in [5, 5.41) is 0.684. The molecule has 0 amide bonds. The Balaban J connectivity index is 1.73. The Morgan fingerprint density at radius 2 is 1.81 bits per heavy atom. The number of halogens is 1. The molecule has 2 aromatic heterocycles. The molecule has 0 spiro atoms. The van der Waals surface area contributed by atoms with Crippen molar-refractivity contribution in [2.24, 2.45) is 7.05 Å². The van der Waals surface area contributed by atoms with E-state index < -0.39 is 0 Å². The average molecular weight is 450 g/mol. The molecule has 0 saturated carbocycles. The minimum atomic E-state index is -0.369. The van der Waals surface area contributed by atoms with Crippen LogP contribution >= 0.6 is 11.6 Å². The van der Waals surface area contributed by atoms with Gasteiger partial charge in [-0.2, -0.15) is 4.98 Å². The van der Waals surface area contributed by atoms with Crippen molar-refractivity contribution < 1.29 is 0 Å². The highest BCUT2D eigenvalue weighted by Gasteiger charge is 2.28. The minimum absolute atomic E-state index is 0.228. The van der Waals surface area contributed by atoms with Crippen LogP contribution in [0.4, 0.5) is 11.6 Å². The highest BCUT2D eigenvalue weighted by atomic mass is 35.5. The molecular weight excluding hydrogens is 426 g/mol. The molecule has 3 heterocycles. The molecule has 1 aliphatic heterocycles. The first-order chi connectivity index (χ1) is 15.4. The van der Waals surface area contributed by atoms with Crippen molar-refractivity contribution in [3.05, 3.63) is 85.0 Å². The zero-order valence-electron chi connectivity index (χ0n) is 18.3. The van der Waals surface area contributed by atoms with E-state index in [9.17, 15) is 9.59 Å². The Morgan fingerprint density at radius 3 is 2.59 bits per heavy atom. The van der Waals surface area contributed by atoms with E-state index in [1.807, 2.05) is 60.9 Å². The van der Waals surface area contributed by atoms with E-state index >= 15 is 0 Å². The molecule has 7 nitrogen and oxygen atoms in total. The number of anilines is 2. The Bertz CT molecular complexity index is 1480. The topological polar surface area (TPSA) is 65.1 Å². The number of aromatic nitrogens is 4. The van der Waals surface area contributed by atoms with Crippen LogP contribution in [-0.4, -0.2) is 25.2 Å². The summed E-state index contributed by atoms with van der Waals surface area (Å²) in [6, 6.07) is 13.6. The van der Waals surface area contributed by atoms with E-state index in [1.54, 1.807) is 7.05 Å². The number of hydrogen-bond acceptors (Lipinski definition) is 4. The van der Waals surface area contributed by atoms with E-state index in [0.717, 1.165) is 35.3 Å². The van der Waals surface area contributed by atoms with Crippen LogP contribution in [0.3, 0.4) is 0 Å². The van der Waals surface area contributed by atoms with Gasteiger partial charge in [-0.1, -0.05) is 41.9 Å². The van der Waals surface area contributed by atoms with Gasteiger partial charge in [0.15, 0.2) is 11.2 Å². The maximum Gasteiger partial charge on any atom is 0.332 e. The van der Waals surface area contributed by atoms with Crippen LogP contribution < -0.4 is 16.1 Å². The van der Waals surface area contributed by atoms with Gasteiger partial charge in [0.1, 0.15) is 0 Å². The smallest absolute Gasteiger partial charge is 0.312 e. The molecule has 0 bridgehead atoms. The molecule has 164 valence electrons. The van der Waals surface area contributed by atoms with Crippen LogP contribution in [0.5, 0.6) is 0 Å². The van der Waals surface area contributed by atoms with Crippen molar-refractivity contribution in [2.75, 3.05) is 11.4 Å². The normalized spacial score (nSPS) is 13.6. The first-order valence-electron chi connectivity index (χ1n) is 10.7. The molecule has 1 aliphatic rings. The lowest BCUT2D eigenvalue weighted by Crippen LogP contribution is -2.40. The lowest BCUT2D eigenvalue weighted by atomic mass is 10.1. The minimum Gasteiger partial charge on any atom is -0.312 e. The molecule has 0 atom stereocenters. The van der Waals surface area contributed by atoms with Crippen molar-refractivity contribution in [1.82, 2.24) is 18.7 Å². The summed E-state index contributed by atoms with van der Waals surface area (Å²) in [7, 11) is 1.67. The van der Waals surface area contributed by atoms with E-state index in [4.69, 9.17) is 16.6 Å². The van der Waals surface area contributed by atoms with Crippen LogP contribution in [0.1, 0.15) is 23.1 Å². The molecule has 0 unspecified atom stereocenters. The van der Waals surface area contributed by atoms with E-state index in [-0.39, 0.29) is 17.8 Å². The number of rotatable bonds is 3. The lowest BCUT2D eigenvalue weighted by molar-refractivity contribution is 0.597. The van der Waals surface area contributed by atoms with Crippen LogP contribution in [-0.2, 0) is 20.1 Å².